The molecule has 0 saturated carbocycles. The lowest BCUT2D eigenvalue weighted by Gasteiger charge is -2.23. The van der Waals surface area contributed by atoms with Crippen LogP contribution in [-0.2, 0) is 4.74 Å². The molecular weight excluding hydrogens is 424 g/mol. The van der Waals surface area contributed by atoms with Crippen molar-refractivity contribution in [3.8, 4) is 5.88 Å². The molecule has 1 aromatic heterocycles. The van der Waals surface area contributed by atoms with Crippen molar-refractivity contribution in [2.24, 2.45) is 5.10 Å². The van der Waals surface area contributed by atoms with Crippen LogP contribution in [0.25, 0.3) is 0 Å². The highest BCUT2D eigenvalue weighted by molar-refractivity contribution is 6.30. The highest BCUT2D eigenvalue weighted by Crippen LogP contribution is 2.23. The molecule has 2 aromatic rings. The zero-order valence-corrected chi connectivity index (χ0v) is 17.7. The van der Waals surface area contributed by atoms with E-state index in [4.69, 9.17) is 21.1 Å². The fourth-order valence-electron chi connectivity index (χ4n) is 3.43. The monoisotopic (exact) mass is 444 g/mol. The number of rotatable bonds is 5. The highest BCUT2D eigenvalue weighted by Gasteiger charge is 2.40. The molecule has 1 saturated heterocycles. The quantitative estimate of drug-likeness (QED) is 0.758. The summed E-state index contributed by atoms with van der Waals surface area (Å²) in [5.41, 5.74) is 1.95. The van der Waals surface area contributed by atoms with E-state index >= 15 is 0 Å². The van der Waals surface area contributed by atoms with E-state index in [1.165, 1.54) is 12.1 Å². The molecule has 3 heterocycles. The van der Waals surface area contributed by atoms with Gasteiger partial charge in [-0.2, -0.15) is 5.10 Å². The number of nitrogens with zero attached hydrogens (tertiary/aromatic N) is 5. The lowest BCUT2D eigenvalue weighted by atomic mass is 10.0. The Morgan fingerprint density at radius 1 is 1.26 bits per heavy atom. The van der Waals surface area contributed by atoms with E-state index in [0.29, 0.717) is 35.5 Å². The molecule has 1 N–H and O–H groups in total. The summed E-state index contributed by atoms with van der Waals surface area (Å²) >= 11 is 6.00. The molecule has 1 aromatic carbocycles. The molecule has 0 bridgehead atoms. The molecule has 11 heteroatoms. The highest BCUT2D eigenvalue weighted by atomic mass is 35.5. The third-order valence-electron chi connectivity index (χ3n) is 5.09. The molecule has 2 atom stereocenters. The zero-order valence-electron chi connectivity index (χ0n) is 17.0. The summed E-state index contributed by atoms with van der Waals surface area (Å²) in [6.07, 6.45) is -0.421. The van der Waals surface area contributed by atoms with Crippen molar-refractivity contribution < 1.29 is 19.1 Å². The molecule has 10 nitrogen and oxygen atoms in total. The number of carbonyl (C=O) groups excluding carboxylic acids is 2. The number of hydrogen-bond acceptors (Lipinski definition) is 7. The molecule has 0 radical (unpaired) electrons. The molecule has 1 unspecified atom stereocenters. The third kappa shape index (κ3) is 4.38. The molecule has 0 aliphatic carbocycles. The Morgan fingerprint density at radius 2 is 2.03 bits per heavy atom. The fraction of sp³-hybridized carbons (Fsp3) is 0.350. The average Bonchev–Trinajstić information content (AvgIpc) is 3.40. The van der Waals surface area contributed by atoms with E-state index in [2.05, 4.69) is 20.6 Å². The number of methoxy groups -OCH3 is 1. The van der Waals surface area contributed by atoms with E-state index in [-0.39, 0.29) is 6.54 Å². The van der Waals surface area contributed by atoms with Crippen molar-refractivity contribution in [3.05, 3.63) is 52.7 Å². The molecule has 4 rings (SSSR count). The first-order valence-electron chi connectivity index (χ1n) is 9.69. The SMILES string of the molecule is COc1ccc(C(C)NC(=O)N2C[C@H](N3CCOC3=O)C(c3ccc(Cl)cc3)=N2)nn1. The summed E-state index contributed by atoms with van der Waals surface area (Å²) in [5.74, 6) is 0.388. The van der Waals surface area contributed by atoms with Crippen LogP contribution in [0.5, 0.6) is 5.88 Å². The van der Waals surface area contributed by atoms with Gasteiger partial charge in [0.15, 0.2) is 0 Å². The number of halogens is 1. The Bertz CT molecular complexity index is 998. The number of ether oxygens (including phenoxy) is 2. The summed E-state index contributed by atoms with van der Waals surface area (Å²) in [7, 11) is 1.51. The number of nitrogens with one attached hydrogen (secondary N) is 1. The number of aromatic nitrogens is 2. The minimum absolute atomic E-state index is 0.208. The van der Waals surface area contributed by atoms with Crippen molar-refractivity contribution in [1.29, 1.82) is 0 Å². The van der Waals surface area contributed by atoms with Crippen LogP contribution >= 0.6 is 11.6 Å². The second kappa shape index (κ2) is 8.76. The van der Waals surface area contributed by atoms with Crippen molar-refractivity contribution in [1.82, 2.24) is 25.4 Å². The van der Waals surface area contributed by atoms with Crippen LogP contribution in [0.15, 0.2) is 41.5 Å². The lowest BCUT2D eigenvalue weighted by Crippen LogP contribution is -2.46. The Hall–Kier alpha value is -3.40. The number of carbonyl (C=O) groups is 2. The molecule has 3 amide bonds. The van der Waals surface area contributed by atoms with Crippen molar-refractivity contribution in [2.45, 2.75) is 19.0 Å². The number of benzene rings is 1. The lowest BCUT2D eigenvalue weighted by molar-refractivity contribution is 0.150. The Labute approximate surface area is 183 Å². The van der Waals surface area contributed by atoms with Crippen LogP contribution in [0, 0.1) is 0 Å². The minimum atomic E-state index is -0.421. The molecule has 31 heavy (non-hydrogen) atoms. The van der Waals surface area contributed by atoms with Crippen LogP contribution in [0.4, 0.5) is 9.59 Å². The van der Waals surface area contributed by atoms with E-state index in [1.54, 1.807) is 36.1 Å². The number of hydrogen-bond donors (Lipinski definition) is 1. The minimum Gasteiger partial charge on any atom is -0.480 e. The van der Waals surface area contributed by atoms with Crippen molar-refractivity contribution in [2.75, 3.05) is 26.8 Å². The summed E-state index contributed by atoms with van der Waals surface area (Å²) in [6.45, 7) is 2.75. The van der Waals surface area contributed by atoms with Gasteiger partial charge in [0.2, 0.25) is 5.88 Å². The van der Waals surface area contributed by atoms with Crippen LogP contribution in [0.1, 0.15) is 24.2 Å². The van der Waals surface area contributed by atoms with Gasteiger partial charge in [-0.05, 0) is 25.1 Å². The zero-order chi connectivity index (χ0) is 22.0. The summed E-state index contributed by atoms with van der Waals surface area (Å²) in [4.78, 5) is 26.7. The maximum Gasteiger partial charge on any atom is 0.410 e. The number of hydrazone groups is 1. The largest absolute Gasteiger partial charge is 0.480 e. The molecule has 2 aliphatic rings. The van der Waals surface area contributed by atoms with E-state index in [1.807, 2.05) is 12.1 Å². The molecular formula is C20H21ClN6O4. The number of amides is 3. The standard InChI is InChI=1S/C20H21ClN6O4/c1-12(15-7-8-17(30-2)24-23-15)22-19(28)27-11-16(26-9-10-31-20(26)29)18(25-27)13-3-5-14(21)6-4-13/h3-8,12,16H,9-11H2,1-2H3,(H,22,28)/t12?,16-/m0/s1. The second-order valence-corrected chi connectivity index (χ2v) is 7.51. The predicted molar refractivity (Wildman–Crippen MR) is 112 cm³/mol. The van der Waals surface area contributed by atoms with Crippen LogP contribution in [0.2, 0.25) is 5.02 Å². The van der Waals surface area contributed by atoms with E-state index in [0.717, 1.165) is 5.56 Å². The van der Waals surface area contributed by atoms with Crippen LogP contribution in [-0.4, -0.2) is 70.8 Å². The van der Waals surface area contributed by atoms with Gasteiger partial charge in [0.05, 0.1) is 43.7 Å². The van der Waals surface area contributed by atoms with Crippen LogP contribution < -0.4 is 10.1 Å². The maximum absolute atomic E-state index is 12.9. The van der Waals surface area contributed by atoms with Gasteiger partial charge in [-0.1, -0.05) is 23.7 Å². The summed E-state index contributed by atoms with van der Waals surface area (Å²) < 4.78 is 10.1. The molecule has 2 aliphatic heterocycles. The second-order valence-electron chi connectivity index (χ2n) is 7.07. The fourth-order valence-corrected chi connectivity index (χ4v) is 3.55. The van der Waals surface area contributed by atoms with Gasteiger partial charge in [-0.25, -0.2) is 14.6 Å². The average molecular weight is 445 g/mol. The Balaban J connectivity index is 1.53. The van der Waals surface area contributed by atoms with Gasteiger partial charge in [0.25, 0.3) is 0 Å². The topological polar surface area (TPSA) is 109 Å². The number of urea groups is 1. The summed E-state index contributed by atoms with van der Waals surface area (Å²) in [5, 5.41) is 17.3. The van der Waals surface area contributed by atoms with Crippen molar-refractivity contribution >= 4 is 29.4 Å². The first-order chi connectivity index (χ1) is 15.0. The normalized spacial score (nSPS) is 19.1. The Morgan fingerprint density at radius 3 is 2.65 bits per heavy atom. The van der Waals surface area contributed by atoms with Gasteiger partial charge in [0, 0.05) is 16.7 Å². The van der Waals surface area contributed by atoms with Gasteiger partial charge in [-0.3, -0.25) is 4.90 Å². The summed E-state index contributed by atoms with van der Waals surface area (Å²) in [6, 6.07) is 9.27. The van der Waals surface area contributed by atoms with Gasteiger partial charge in [0.1, 0.15) is 6.61 Å². The van der Waals surface area contributed by atoms with Gasteiger partial charge >= 0.3 is 12.1 Å². The van der Waals surface area contributed by atoms with Gasteiger partial charge in [-0.15, -0.1) is 10.2 Å². The molecule has 162 valence electrons. The van der Waals surface area contributed by atoms with Crippen molar-refractivity contribution in [3.63, 3.8) is 0 Å². The molecule has 1 fully saturated rings. The third-order valence-corrected chi connectivity index (χ3v) is 5.34. The van der Waals surface area contributed by atoms with E-state index < -0.39 is 24.2 Å². The first kappa shape index (κ1) is 20.9. The Kier molecular flexibility index (Phi) is 5.90. The van der Waals surface area contributed by atoms with Gasteiger partial charge < -0.3 is 14.8 Å². The number of cyclic esters (lactones) is 1. The smallest absolute Gasteiger partial charge is 0.410 e. The first-order valence-corrected chi connectivity index (χ1v) is 10.1. The van der Waals surface area contributed by atoms with E-state index in [9.17, 15) is 9.59 Å². The van der Waals surface area contributed by atoms with Crippen LogP contribution in [0.3, 0.4) is 0 Å². The molecule has 0 spiro atoms. The predicted octanol–water partition coefficient (Wildman–Crippen LogP) is 2.45. The maximum atomic E-state index is 12.9.